The summed E-state index contributed by atoms with van der Waals surface area (Å²) < 4.78 is 0. The third-order valence-electron chi connectivity index (χ3n) is 4.73. The Kier molecular flexibility index (Phi) is 4.26. The molecule has 0 spiro atoms. The van der Waals surface area contributed by atoms with Crippen molar-refractivity contribution in [1.82, 2.24) is 10.6 Å². The number of rotatable bonds is 4. The van der Waals surface area contributed by atoms with Crippen molar-refractivity contribution in [2.75, 3.05) is 13.1 Å². The summed E-state index contributed by atoms with van der Waals surface area (Å²) in [6.07, 6.45) is 9.69. The molecule has 0 amide bonds. The summed E-state index contributed by atoms with van der Waals surface area (Å²) in [4.78, 5) is 0. The smallest absolute Gasteiger partial charge is 0.0205 e. The Hall–Kier alpha value is -0.0800. The van der Waals surface area contributed by atoms with Crippen molar-refractivity contribution in [3.63, 3.8) is 0 Å². The molecule has 0 saturated carbocycles. The highest BCUT2D eigenvalue weighted by molar-refractivity contribution is 4.96. The maximum atomic E-state index is 3.78. The molecular formula is C14H28N2. The first-order valence-electron chi connectivity index (χ1n) is 7.21. The van der Waals surface area contributed by atoms with E-state index in [9.17, 15) is 0 Å². The van der Waals surface area contributed by atoms with E-state index in [1.54, 1.807) is 0 Å². The molecule has 2 fully saturated rings. The molecule has 0 aromatic heterocycles. The molecule has 2 N–H and O–H groups in total. The van der Waals surface area contributed by atoms with Crippen molar-refractivity contribution in [3.8, 4) is 0 Å². The summed E-state index contributed by atoms with van der Waals surface area (Å²) in [6, 6.07) is 0.798. The number of hydrogen-bond acceptors (Lipinski definition) is 2. The Bertz CT molecular complexity index is 201. The van der Waals surface area contributed by atoms with Crippen LogP contribution in [0.3, 0.4) is 0 Å². The first kappa shape index (κ1) is 12.4. The van der Waals surface area contributed by atoms with Gasteiger partial charge in [-0.15, -0.1) is 0 Å². The Morgan fingerprint density at radius 2 is 2.06 bits per heavy atom. The van der Waals surface area contributed by atoms with Crippen molar-refractivity contribution in [2.45, 2.75) is 70.4 Å². The van der Waals surface area contributed by atoms with Crippen LogP contribution in [0.1, 0.15) is 58.8 Å². The van der Waals surface area contributed by atoms with Crippen LogP contribution in [0.5, 0.6) is 0 Å². The summed E-state index contributed by atoms with van der Waals surface area (Å²) >= 11 is 0. The van der Waals surface area contributed by atoms with Gasteiger partial charge in [-0.1, -0.05) is 20.3 Å². The van der Waals surface area contributed by atoms with Gasteiger partial charge in [-0.3, -0.25) is 0 Å². The van der Waals surface area contributed by atoms with Crippen molar-refractivity contribution in [1.29, 1.82) is 0 Å². The molecule has 2 saturated heterocycles. The van der Waals surface area contributed by atoms with Crippen LogP contribution in [0, 0.1) is 5.92 Å². The summed E-state index contributed by atoms with van der Waals surface area (Å²) in [5, 5.41) is 7.45. The number of nitrogens with one attached hydrogen (secondary N) is 2. The van der Waals surface area contributed by atoms with Crippen LogP contribution in [0.25, 0.3) is 0 Å². The molecule has 2 rings (SSSR count). The molecule has 2 unspecified atom stereocenters. The lowest BCUT2D eigenvalue weighted by molar-refractivity contribution is 0.227. The van der Waals surface area contributed by atoms with Crippen LogP contribution < -0.4 is 10.6 Å². The Morgan fingerprint density at radius 3 is 2.62 bits per heavy atom. The van der Waals surface area contributed by atoms with Crippen LogP contribution in [0.4, 0.5) is 0 Å². The predicted octanol–water partition coefficient (Wildman–Crippen LogP) is 2.69. The molecule has 0 bridgehead atoms. The SMILES string of the molecule is CC(C)C1(CCC2CCCCN2)CCCN1. The lowest BCUT2D eigenvalue weighted by atomic mass is 9.79. The zero-order chi connectivity index (χ0) is 11.4. The van der Waals surface area contributed by atoms with Gasteiger partial charge in [0.15, 0.2) is 0 Å². The second-order valence-electron chi connectivity index (χ2n) is 6.03. The first-order valence-corrected chi connectivity index (χ1v) is 7.21. The summed E-state index contributed by atoms with van der Waals surface area (Å²) in [5.74, 6) is 0.776. The normalized spacial score (nSPS) is 35.8. The average molecular weight is 224 g/mol. The highest BCUT2D eigenvalue weighted by Gasteiger charge is 2.36. The molecule has 0 aromatic rings. The van der Waals surface area contributed by atoms with Gasteiger partial charge in [-0.25, -0.2) is 0 Å². The van der Waals surface area contributed by atoms with E-state index in [2.05, 4.69) is 24.5 Å². The molecule has 0 aliphatic carbocycles. The van der Waals surface area contributed by atoms with Gasteiger partial charge in [0.1, 0.15) is 0 Å². The molecule has 2 nitrogen and oxygen atoms in total. The zero-order valence-corrected chi connectivity index (χ0v) is 11.0. The zero-order valence-electron chi connectivity index (χ0n) is 11.0. The minimum atomic E-state index is 0.457. The fourth-order valence-electron chi connectivity index (χ4n) is 3.43. The minimum Gasteiger partial charge on any atom is -0.314 e. The van der Waals surface area contributed by atoms with Crippen LogP contribution >= 0.6 is 0 Å². The maximum absolute atomic E-state index is 3.78. The van der Waals surface area contributed by atoms with Gasteiger partial charge < -0.3 is 10.6 Å². The largest absolute Gasteiger partial charge is 0.314 e. The molecule has 2 heterocycles. The molecule has 94 valence electrons. The fourth-order valence-corrected chi connectivity index (χ4v) is 3.43. The maximum Gasteiger partial charge on any atom is 0.0205 e. The third kappa shape index (κ3) is 2.78. The molecule has 2 atom stereocenters. The van der Waals surface area contributed by atoms with Crippen molar-refractivity contribution in [2.24, 2.45) is 5.92 Å². The third-order valence-corrected chi connectivity index (χ3v) is 4.73. The van der Waals surface area contributed by atoms with E-state index in [-0.39, 0.29) is 0 Å². The van der Waals surface area contributed by atoms with Crippen molar-refractivity contribution < 1.29 is 0 Å². The van der Waals surface area contributed by atoms with Crippen LogP contribution in [0.2, 0.25) is 0 Å². The number of piperidine rings is 1. The average Bonchev–Trinajstić information content (AvgIpc) is 2.78. The van der Waals surface area contributed by atoms with Crippen molar-refractivity contribution in [3.05, 3.63) is 0 Å². The van der Waals surface area contributed by atoms with Gasteiger partial charge in [0, 0.05) is 11.6 Å². The highest BCUT2D eigenvalue weighted by atomic mass is 15.0. The van der Waals surface area contributed by atoms with E-state index in [0.717, 1.165) is 12.0 Å². The second kappa shape index (κ2) is 5.50. The van der Waals surface area contributed by atoms with Gasteiger partial charge in [-0.2, -0.15) is 0 Å². The highest BCUT2D eigenvalue weighted by Crippen LogP contribution is 2.33. The Balaban J connectivity index is 1.81. The van der Waals surface area contributed by atoms with Crippen molar-refractivity contribution >= 4 is 0 Å². The van der Waals surface area contributed by atoms with E-state index >= 15 is 0 Å². The predicted molar refractivity (Wildman–Crippen MR) is 69.7 cm³/mol. The van der Waals surface area contributed by atoms with E-state index < -0.39 is 0 Å². The monoisotopic (exact) mass is 224 g/mol. The molecule has 0 radical (unpaired) electrons. The topological polar surface area (TPSA) is 24.1 Å². The second-order valence-corrected chi connectivity index (χ2v) is 6.03. The molecule has 2 aliphatic rings. The minimum absolute atomic E-state index is 0.457. The van der Waals surface area contributed by atoms with Gasteiger partial charge >= 0.3 is 0 Å². The van der Waals surface area contributed by atoms with Crippen LogP contribution in [-0.2, 0) is 0 Å². The number of hydrogen-bond donors (Lipinski definition) is 2. The quantitative estimate of drug-likeness (QED) is 0.767. The fraction of sp³-hybridized carbons (Fsp3) is 1.00. The van der Waals surface area contributed by atoms with E-state index in [0.29, 0.717) is 5.54 Å². The first-order chi connectivity index (χ1) is 7.73. The summed E-state index contributed by atoms with van der Waals surface area (Å²) in [7, 11) is 0. The van der Waals surface area contributed by atoms with Gasteiger partial charge in [0.25, 0.3) is 0 Å². The Morgan fingerprint density at radius 1 is 1.19 bits per heavy atom. The lowest BCUT2D eigenvalue weighted by Crippen LogP contribution is -2.46. The van der Waals surface area contributed by atoms with E-state index in [1.165, 1.54) is 58.0 Å². The van der Waals surface area contributed by atoms with Crippen LogP contribution in [0.15, 0.2) is 0 Å². The van der Waals surface area contributed by atoms with Gasteiger partial charge in [0.2, 0.25) is 0 Å². The molecular weight excluding hydrogens is 196 g/mol. The lowest BCUT2D eigenvalue weighted by Gasteiger charge is -2.36. The summed E-state index contributed by atoms with van der Waals surface area (Å²) in [6.45, 7) is 7.24. The van der Waals surface area contributed by atoms with E-state index in [1.807, 2.05) is 0 Å². The van der Waals surface area contributed by atoms with Gasteiger partial charge in [-0.05, 0) is 57.5 Å². The standard InChI is InChI=1S/C14H28N2/c1-12(2)14(8-5-11-16-14)9-7-13-6-3-4-10-15-13/h12-13,15-16H,3-11H2,1-2H3. The molecule has 2 heteroatoms. The Labute approximate surface area is 101 Å². The molecule has 0 aromatic carbocycles. The van der Waals surface area contributed by atoms with Crippen LogP contribution in [-0.4, -0.2) is 24.7 Å². The molecule has 16 heavy (non-hydrogen) atoms. The van der Waals surface area contributed by atoms with E-state index in [4.69, 9.17) is 0 Å². The summed E-state index contributed by atoms with van der Waals surface area (Å²) in [5.41, 5.74) is 0.457. The molecule has 2 aliphatic heterocycles. The van der Waals surface area contributed by atoms with Gasteiger partial charge in [0.05, 0.1) is 0 Å².